The second-order valence-corrected chi connectivity index (χ2v) is 5.63. The molecule has 21 heavy (non-hydrogen) atoms. The number of aromatic nitrogens is 2. The van der Waals surface area contributed by atoms with Crippen molar-refractivity contribution in [2.45, 2.75) is 12.6 Å². The minimum atomic E-state index is -4.30. The van der Waals surface area contributed by atoms with Gasteiger partial charge in [0.15, 0.2) is 0 Å². The Kier molecular flexibility index (Phi) is 3.49. The number of hydrogen-bond acceptors (Lipinski definition) is 1. The van der Waals surface area contributed by atoms with E-state index in [9.17, 15) is 13.2 Å². The molecule has 0 saturated carbocycles. The van der Waals surface area contributed by atoms with Crippen LogP contribution in [-0.4, -0.2) is 9.97 Å². The van der Waals surface area contributed by atoms with Crippen molar-refractivity contribution in [1.82, 2.24) is 9.97 Å². The number of nitrogens with zero attached hydrogens (tertiary/aromatic N) is 1. The number of hydrogen-bond donors (Lipinski definition) is 1. The molecule has 0 amide bonds. The lowest BCUT2D eigenvalue weighted by Gasteiger charge is -2.06. The van der Waals surface area contributed by atoms with Crippen molar-refractivity contribution in [1.29, 1.82) is 0 Å². The van der Waals surface area contributed by atoms with Gasteiger partial charge >= 0.3 is 6.18 Å². The standard InChI is InChI=1S/C15H10BrF3N2/c16-11-5-6-12-13(8-11)21-14(20-12)7-9-1-3-10(4-2-9)15(17,18)19/h1-6,8H,7H2,(H,20,21). The van der Waals surface area contributed by atoms with E-state index >= 15 is 0 Å². The highest BCUT2D eigenvalue weighted by Crippen LogP contribution is 2.29. The topological polar surface area (TPSA) is 28.7 Å². The summed E-state index contributed by atoms with van der Waals surface area (Å²) in [5.74, 6) is 0.725. The highest BCUT2D eigenvalue weighted by Gasteiger charge is 2.29. The van der Waals surface area contributed by atoms with Crippen LogP contribution in [0.15, 0.2) is 46.9 Å². The maximum Gasteiger partial charge on any atom is 0.416 e. The second kappa shape index (κ2) is 5.18. The van der Waals surface area contributed by atoms with Crippen molar-refractivity contribution in [3.63, 3.8) is 0 Å². The molecule has 0 aliphatic heterocycles. The van der Waals surface area contributed by atoms with E-state index in [0.29, 0.717) is 6.42 Å². The smallest absolute Gasteiger partial charge is 0.342 e. The molecule has 6 heteroatoms. The first kappa shape index (κ1) is 14.1. The summed E-state index contributed by atoms with van der Waals surface area (Å²) in [6.45, 7) is 0. The summed E-state index contributed by atoms with van der Waals surface area (Å²) in [7, 11) is 0. The first-order chi connectivity index (χ1) is 9.91. The molecule has 0 spiro atoms. The summed E-state index contributed by atoms with van der Waals surface area (Å²) in [4.78, 5) is 7.59. The van der Waals surface area contributed by atoms with Crippen molar-refractivity contribution in [2.24, 2.45) is 0 Å². The Morgan fingerprint density at radius 1 is 1.05 bits per heavy atom. The summed E-state index contributed by atoms with van der Waals surface area (Å²) in [6.07, 6.45) is -3.84. The van der Waals surface area contributed by atoms with Crippen LogP contribution in [0.3, 0.4) is 0 Å². The maximum absolute atomic E-state index is 12.5. The van der Waals surface area contributed by atoms with Gasteiger partial charge in [-0.3, -0.25) is 0 Å². The van der Waals surface area contributed by atoms with Crippen molar-refractivity contribution in [3.8, 4) is 0 Å². The van der Waals surface area contributed by atoms with Gasteiger partial charge in [0.05, 0.1) is 16.6 Å². The van der Waals surface area contributed by atoms with E-state index < -0.39 is 11.7 Å². The van der Waals surface area contributed by atoms with Crippen molar-refractivity contribution < 1.29 is 13.2 Å². The zero-order valence-corrected chi connectivity index (χ0v) is 12.3. The number of fused-ring (bicyclic) bond motifs is 1. The van der Waals surface area contributed by atoms with Gasteiger partial charge in [0, 0.05) is 10.9 Å². The van der Waals surface area contributed by atoms with Crippen LogP contribution in [-0.2, 0) is 12.6 Å². The molecule has 2 nitrogen and oxygen atoms in total. The largest absolute Gasteiger partial charge is 0.416 e. The number of alkyl halides is 3. The van der Waals surface area contributed by atoms with Gasteiger partial charge in [-0.25, -0.2) is 4.98 Å². The first-order valence-corrected chi connectivity index (χ1v) is 7.01. The molecular formula is C15H10BrF3N2. The van der Waals surface area contributed by atoms with E-state index in [1.807, 2.05) is 18.2 Å². The van der Waals surface area contributed by atoms with Crippen LogP contribution in [0.25, 0.3) is 11.0 Å². The van der Waals surface area contributed by atoms with E-state index in [0.717, 1.165) is 39.0 Å². The third kappa shape index (κ3) is 3.10. The SMILES string of the molecule is FC(F)(F)c1ccc(Cc2nc3ccc(Br)cc3[nH]2)cc1. The summed E-state index contributed by atoms with van der Waals surface area (Å²) >= 11 is 3.38. The average molecular weight is 355 g/mol. The third-order valence-corrected chi connectivity index (χ3v) is 3.64. The van der Waals surface area contributed by atoms with Gasteiger partial charge in [0.25, 0.3) is 0 Å². The molecule has 1 N–H and O–H groups in total. The molecule has 0 bridgehead atoms. The molecule has 0 atom stereocenters. The fraction of sp³-hybridized carbons (Fsp3) is 0.133. The van der Waals surface area contributed by atoms with Crippen molar-refractivity contribution >= 4 is 27.0 Å². The van der Waals surface area contributed by atoms with Crippen molar-refractivity contribution in [2.75, 3.05) is 0 Å². The third-order valence-electron chi connectivity index (χ3n) is 3.15. The number of benzene rings is 2. The number of H-pyrrole nitrogens is 1. The number of halogens is 4. The second-order valence-electron chi connectivity index (χ2n) is 4.72. The number of nitrogens with one attached hydrogen (secondary N) is 1. The predicted molar refractivity (Wildman–Crippen MR) is 78.0 cm³/mol. The monoisotopic (exact) mass is 354 g/mol. The van der Waals surface area contributed by atoms with Gasteiger partial charge in [-0.1, -0.05) is 28.1 Å². The van der Waals surface area contributed by atoms with E-state index in [-0.39, 0.29) is 0 Å². The normalized spacial score (nSPS) is 12.0. The molecule has 0 aliphatic carbocycles. The summed E-state index contributed by atoms with van der Waals surface area (Å²) in [5, 5.41) is 0. The maximum atomic E-state index is 12.5. The first-order valence-electron chi connectivity index (χ1n) is 6.22. The molecule has 0 saturated heterocycles. The predicted octanol–water partition coefficient (Wildman–Crippen LogP) is 4.94. The number of aromatic amines is 1. The lowest BCUT2D eigenvalue weighted by Crippen LogP contribution is -2.04. The molecule has 0 aliphatic rings. The van der Waals surface area contributed by atoms with Crippen LogP contribution in [0.4, 0.5) is 13.2 Å². The van der Waals surface area contributed by atoms with Gasteiger partial charge in [-0.15, -0.1) is 0 Å². The van der Waals surface area contributed by atoms with Gasteiger partial charge < -0.3 is 4.98 Å². The minimum absolute atomic E-state index is 0.463. The van der Waals surface area contributed by atoms with Crippen LogP contribution in [0, 0.1) is 0 Å². The van der Waals surface area contributed by atoms with E-state index in [1.165, 1.54) is 12.1 Å². The molecule has 0 radical (unpaired) electrons. The fourth-order valence-electron chi connectivity index (χ4n) is 2.12. The highest BCUT2D eigenvalue weighted by atomic mass is 79.9. The van der Waals surface area contributed by atoms with E-state index in [1.54, 1.807) is 0 Å². The molecule has 3 rings (SSSR count). The Morgan fingerprint density at radius 2 is 1.76 bits per heavy atom. The average Bonchev–Trinajstić information content (AvgIpc) is 2.79. The van der Waals surface area contributed by atoms with E-state index in [4.69, 9.17) is 0 Å². The zero-order valence-electron chi connectivity index (χ0n) is 10.7. The van der Waals surface area contributed by atoms with Crippen LogP contribution in [0.1, 0.15) is 17.0 Å². The molecular weight excluding hydrogens is 345 g/mol. The Hall–Kier alpha value is -1.82. The summed E-state index contributed by atoms with van der Waals surface area (Å²) < 4.78 is 38.4. The molecule has 108 valence electrons. The van der Waals surface area contributed by atoms with Gasteiger partial charge in [-0.05, 0) is 35.9 Å². The quantitative estimate of drug-likeness (QED) is 0.694. The van der Waals surface area contributed by atoms with Crippen LogP contribution >= 0.6 is 15.9 Å². The van der Waals surface area contributed by atoms with Crippen molar-refractivity contribution in [3.05, 3.63) is 63.9 Å². The lowest BCUT2D eigenvalue weighted by molar-refractivity contribution is -0.137. The minimum Gasteiger partial charge on any atom is -0.342 e. The van der Waals surface area contributed by atoms with Crippen LogP contribution < -0.4 is 0 Å². The molecule has 0 fully saturated rings. The van der Waals surface area contributed by atoms with E-state index in [2.05, 4.69) is 25.9 Å². The summed E-state index contributed by atoms with van der Waals surface area (Å²) in [5.41, 5.74) is 1.87. The highest BCUT2D eigenvalue weighted by molar-refractivity contribution is 9.10. The Bertz CT molecular complexity index is 776. The van der Waals surface area contributed by atoms with Crippen LogP contribution in [0.2, 0.25) is 0 Å². The van der Waals surface area contributed by atoms with Gasteiger partial charge in [-0.2, -0.15) is 13.2 Å². The Balaban J connectivity index is 1.84. The van der Waals surface area contributed by atoms with Gasteiger partial charge in [0.1, 0.15) is 5.82 Å². The summed E-state index contributed by atoms with van der Waals surface area (Å²) in [6, 6.07) is 10.8. The van der Waals surface area contributed by atoms with Gasteiger partial charge in [0.2, 0.25) is 0 Å². The Morgan fingerprint density at radius 3 is 2.43 bits per heavy atom. The molecule has 0 unspecified atom stereocenters. The molecule has 1 aromatic heterocycles. The lowest BCUT2D eigenvalue weighted by atomic mass is 10.1. The number of rotatable bonds is 2. The molecule has 1 heterocycles. The fourth-order valence-corrected chi connectivity index (χ4v) is 2.48. The Labute approximate surface area is 127 Å². The molecule has 2 aromatic carbocycles. The number of imidazole rings is 1. The molecule has 3 aromatic rings. The zero-order chi connectivity index (χ0) is 15.0. The van der Waals surface area contributed by atoms with Crippen LogP contribution in [0.5, 0.6) is 0 Å².